The first-order chi connectivity index (χ1) is 15.6. The lowest BCUT2D eigenvalue weighted by atomic mass is 10.1. The van der Waals surface area contributed by atoms with Crippen molar-refractivity contribution >= 4 is 62.3 Å². The van der Waals surface area contributed by atoms with Crippen LogP contribution in [-0.4, -0.2) is 19.4 Å². The van der Waals surface area contributed by atoms with Crippen LogP contribution < -0.4 is 15.4 Å². The van der Waals surface area contributed by atoms with E-state index in [9.17, 15) is 13.2 Å². The summed E-state index contributed by atoms with van der Waals surface area (Å²) in [6.45, 7) is 3.69. The summed E-state index contributed by atoms with van der Waals surface area (Å²) in [4.78, 5) is 12.2. The topological polar surface area (TPSA) is 87.3 Å². The van der Waals surface area contributed by atoms with Gasteiger partial charge >= 0.3 is 0 Å². The standard InChI is InChI=1S/C24H22ClN3O3S2/c1-16-4-3-5-17(2)23(16)28-33(30,31)21-13-11-20(12-14-21)26-24(32)27-22(29)15-8-18-6-9-19(25)10-7-18/h3-15,28H,1-2H3,(H2,26,27,29,32)/b15-8+. The van der Waals surface area contributed by atoms with E-state index in [4.69, 9.17) is 23.8 Å². The quantitative estimate of drug-likeness (QED) is 0.317. The van der Waals surface area contributed by atoms with Crippen molar-refractivity contribution in [2.45, 2.75) is 18.7 Å². The van der Waals surface area contributed by atoms with Crippen molar-refractivity contribution in [2.75, 3.05) is 10.0 Å². The number of hydrogen-bond acceptors (Lipinski definition) is 4. The first-order valence-corrected chi connectivity index (χ1v) is 12.2. The summed E-state index contributed by atoms with van der Waals surface area (Å²) in [5.74, 6) is -0.403. The van der Waals surface area contributed by atoms with Gasteiger partial charge in [-0.3, -0.25) is 14.8 Å². The first kappa shape index (κ1) is 24.4. The molecule has 0 fully saturated rings. The number of carbonyl (C=O) groups is 1. The molecule has 170 valence electrons. The Morgan fingerprint density at radius 2 is 1.55 bits per heavy atom. The highest BCUT2D eigenvalue weighted by Gasteiger charge is 2.16. The minimum absolute atomic E-state index is 0.0880. The SMILES string of the molecule is Cc1cccc(C)c1NS(=O)(=O)c1ccc(NC(=S)NC(=O)/C=C/c2ccc(Cl)cc2)cc1. The van der Waals surface area contributed by atoms with Crippen molar-refractivity contribution in [2.24, 2.45) is 0 Å². The molecular formula is C24H22ClN3O3S2. The van der Waals surface area contributed by atoms with Gasteiger partial charge in [-0.2, -0.15) is 0 Å². The molecule has 0 bridgehead atoms. The number of anilines is 2. The Bertz CT molecular complexity index is 1280. The number of nitrogens with one attached hydrogen (secondary N) is 3. The molecule has 0 aliphatic heterocycles. The summed E-state index contributed by atoms with van der Waals surface area (Å²) in [5.41, 5.74) is 3.59. The maximum Gasteiger partial charge on any atom is 0.261 e. The van der Waals surface area contributed by atoms with Gasteiger partial charge < -0.3 is 5.32 Å². The Labute approximate surface area is 203 Å². The molecule has 3 N–H and O–H groups in total. The number of rotatable bonds is 6. The predicted molar refractivity (Wildman–Crippen MR) is 138 cm³/mol. The normalized spacial score (nSPS) is 11.2. The molecule has 0 atom stereocenters. The van der Waals surface area contributed by atoms with Gasteiger partial charge in [0.15, 0.2) is 5.11 Å². The number of carbonyl (C=O) groups excluding carboxylic acids is 1. The Morgan fingerprint density at radius 1 is 0.939 bits per heavy atom. The molecule has 3 aromatic rings. The van der Waals surface area contributed by atoms with Crippen LogP contribution in [0.25, 0.3) is 6.08 Å². The molecule has 0 saturated heterocycles. The van der Waals surface area contributed by atoms with Crippen LogP contribution in [0.3, 0.4) is 0 Å². The second-order valence-electron chi connectivity index (χ2n) is 7.22. The molecule has 33 heavy (non-hydrogen) atoms. The average Bonchev–Trinajstić information content (AvgIpc) is 2.76. The van der Waals surface area contributed by atoms with E-state index in [1.165, 1.54) is 18.2 Å². The number of sulfonamides is 1. The van der Waals surface area contributed by atoms with Crippen molar-refractivity contribution in [3.05, 3.63) is 94.5 Å². The molecule has 0 aromatic heterocycles. The van der Waals surface area contributed by atoms with Gasteiger partial charge in [0.05, 0.1) is 10.6 Å². The van der Waals surface area contributed by atoms with E-state index < -0.39 is 15.9 Å². The smallest absolute Gasteiger partial charge is 0.261 e. The van der Waals surface area contributed by atoms with Crippen LogP contribution in [0.1, 0.15) is 16.7 Å². The van der Waals surface area contributed by atoms with Crippen LogP contribution in [0.15, 0.2) is 77.7 Å². The molecule has 1 amide bonds. The average molecular weight is 500 g/mol. The third-order valence-electron chi connectivity index (χ3n) is 4.67. The van der Waals surface area contributed by atoms with Crippen molar-refractivity contribution in [3.63, 3.8) is 0 Å². The number of benzene rings is 3. The van der Waals surface area contributed by atoms with Crippen molar-refractivity contribution in [1.29, 1.82) is 0 Å². The van der Waals surface area contributed by atoms with Gasteiger partial charge in [-0.1, -0.05) is 41.9 Å². The molecule has 3 rings (SSSR count). The van der Waals surface area contributed by atoms with Crippen molar-refractivity contribution in [1.82, 2.24) is 5.32 Å². The predicted octanol–water partition coefficient (Wildman–Crippen LogP) is 5.28. The maximum atomic E-state index is 12.8. The Hall–Kier alpha value is -3.20. The molecule has 9 heteroatoms. The lowest BCUT2D eigenvalue weighted by Gasteiger charge is -2.14. The monoisotopic (exact) mass is 499 g/mol. The second kappa shape index (κ2) is 10.6. The molecule has 0 spiro atoms. The van der Waals surface area contributed by atoms with E-state index in [0.29, 0.717) is 16.4 Å². The van der Waals surface area contributed by atoms with Crippen LogP contribution in [-0.2, 0) is 14.8 Å². The fraction of sp³-hybridized carbons (Fsp3) is 0.0833. The molecule has 3 aromatic carbocycles. The first-order valence-electron chi connectivity index (χ1n) is 9.89. The number of thiocarbonyl (C=S) groups is 1. The highest BCUT2D eigenvalue weighted by atomic mass is 35.5. The molecule has 0 radical (unpaired) electrons. The fourth-order valence-corrected chi connectivity index (χ4v) is 4.50. The van der Waals surface area contributed by atoms with Crippen LogP contribution >= 0.6 is 23.8 Å². The molecule has 6 nitrogen and oxygen atoms in total. The summed E-state index contributed by atoms with van der Waals surface area (Å²) in [5, 5.41) is 6.10. The van der Waals surface area contributed by atoms with Gasteiger partial charge in [-0.25, -0.2) is 8.42 Å². The second-order valence-corrected chi connectivity index (χ2v) is 9.75. The van der Waals surface area contributed by atoms with Gasteiger partial charge in [-0.05, 0) is 85.2 Å². The lowest BCUT2D eigenvalue weighted by molar-refractivity contribution is -0.115. The van der Waals surface area contributed by atoms with Gasteiger partial charge in [0.2, 0.25) is 5.91 Å². The molecule has 0 heterocycles. The molecule has 0 saturated carbocycles. The number of halogens is 1. The zero-order chi connectivity index (χ0) is 24.0. The van der Waals surface area contributed by atoms with E-state index in [1.54, 1.807) is 42.5 Å². The zero-order valence-corrected chi connectivity index (χ0v) is 20.3. The highest BCUT2D eigenvalue weighted by Crippen LogP contribution is 2.24. The van der Waals surface area contributed by atoms with Crippen LogP contribution in [0.5, 0.6) is 0 Å². The summed E-state index contributed by atoms with van der Waals surface area (Å²) in [6.07, 6.45) is 2.99. The Kier molecular flexibility index (Phi) is 7.86. The van der Waals surface area contributed by atoms with Gasteiger partial charge in [0.1, 0.15) is 0 Å². The third kappa shape index (κ3) is 6.89. The maximum absolute atomic E-state index is 12.8. The number of aryl methyl sites for hydroxylation is 2. The fourth-order valence-electron chi connectivity index (χ4n) is 2.95. The van der Waals surface area contributed by atoms with Crippen molar-refractivity contribution < 1.29 is 13.2 Å². The summed E-state index contributed by atoms with van der Waals surface area (Å²) < 4.78 is 28.2. The number of hydrogen-bond donors (Lipinski definition) is 3. The third-order valence-corrected chi connectivity index (χ3v) is 6.50. The highest BCUT2D eigenvalue weighted by molar-refractivity contribution is 7.92. The number of amides is 1. The van der Waals surface area contributed by atoms with Crippen LogP contribution in [0.4, 0.5) is 11.4 Å². The van der Waals surface area contributed by atoms with E-state index in [2.05, 4.69) is 15.4 Å². The molecule has 0 unspecified atom stereocenters. The Morgan fingerprint density at radius 3 is 2.15 bits per heavy atom. The zero-order valence-electron chi connectivity index (χ0n) is 17.9. The summed E-state index contributed by atoms with van der Waals surface area (Å²) >= 11 is 11.0. The minimum Gasteiger partial charge on any atom is -0.332 e. The summed E-state index contributed by atoms with van der Waals surface area (Å²) in [7, 11) is -3.76. The van der Waals surface area contributed by atoms with E-state index in [0.717, 1.165) is 16.7 Å². The van der Waals surface area contributed by atoms with E-state index >= 15 is 0 Å². The van der Waals surface area contributed by atoms with Crippen molar-refractivity contribution in [3.8, 4) is 0 Å². The largest absolute Gasteiger partial charge is 0.332 e. The van der Waals surface area contributed by atoms with E-state index in [1.807, 2.05) is 32.0 Å². The van der Waals surface area contributed by atoms with Gasteiger partial charge in [0.25, 0.3) is 10.0 Å². The van der Waals surface area contributed by atoms with Crippen LogP contribution in [0, 0.1) is 13.8 Å². The molecule has 0 aliphatic carbocycles. The lowest BCUT2D eigenvalue weighted by Crippen LogP contribution is -2.32. The molecular weight excluding hydrogens is 478 g/mol. The van der Waals surface area contributed by atoms with E-state index in [-0.39, 0.29) is 10.0 Å². The van der Waals surface area contributed by atoms with Gasteiger partial charge in [0, 0.05) is 16.8 Å². The Balaban J connectivity index is 1.60. The minimum atomic E-state index is -3.76. The van der Waals surface area contributed by atoms with Crippen LogP contribution in [0.2, 0.25) is 5.02 Å². The summed E-state index contributed by atoms with van der Waals surface area (Å²) in [6, 6.07) is 18.7. The number of para-hydroxylation sites is 1. The van der Waals surface area contributed by atoms with Gasteiger partial charge in [-0.15, -0.1) is 0 Å². The molecule has 0 aliphatic rings.